The molecule has 1 N–H and O–H groups in total. The van der Waals surface area contributed by atoms with E-state index >= 15 is 0 Å². The monoisotopic (exact) mass is 419 g/mol. The van der Waals surface area contributed by atoms with Crippen LogP contribution in [0.2, 0.25) is 0 Å². The van der Waals surface area contributed by atoms with Gasteiger partial charge in [0.05, 0.1) is 22.4 Å². The van der Waals surface area contributed by atoms with Gasteiger partial charge in [-0.3, -0.25) is 4.79 Å². The molecule has 2 fully saturated rings. The molecule has 2 aliphatic carbocycles. The van der Waals surface area contributed by atoms with Gasteiger partial charge in [-0.25, -0.2) is 9.97 Å². The first-order chi connectivity index (χ1) is 13.3. The molecule has 1 amide bonds. The van der Waals surface area contributed by atoms with E-state index in [9.17, 15) is 4.79 Å². The lowest BCUT2D eigenvalue weighted by Gasteiger charge is -2.20. The molecule has 2 bridgehead atoms. The Morgan fingerprint density at radius 3 is 2.86 bits per heavy atom. The molecule has 3 atom stereocenters. The highest BCUT2D eigenvalue weighted by Crippen LogP contribution is 2.49. The number of amides is 1. The summed E-state index contributed by atoms with van der Waals surface area (Å²) in [6, 6.07) is 0. The molecule has 4 rings (SSSR count). The lowest BCUT2D eigenvalue weighted by molar-refractivity contribution is -0.117. The number of rotatable bonds is 7. The second-order valence-electron chi connectivity index (χ2n) is 9.42. The topological polar surface area (TPSA) is 68.0 Å². The molecule has 1 unspecified atom stereocenters. The van der Waals surface area contributed by atoms with E-state index in [1.54, 1.807) is 11.8 Å². The Labute approximate surface area is 175 Å². The molecule has 5 nitrogen and oxygen atoms in total. The van der Waals surface area contributed by atoms with E-state index in [0.717, 1.165) is 34.1 Å². The predicted octanol–water partition coefficient (Wildman–Crippen LogP) is 5.78. The van der Waals surface area contributed by atoms with Crippen LogP contribution in [0.5, 0.6) is 0 Å². The zero-order valence-electron chi connectivity index (χ0n) is 16.9. The number of thioether (sulfide) groups is 1. The number of thiazole rings is 1. The van der Waals surface area contributed by atoms with Crippen molar-refractivity contribution in [2.45, 2.75) is 69.3 Å². The van der Waals surface area contributed by atoms with Gasteiger partial charge >= 0.3 is 0 Å². The number of carbonyl (C=O) groups is 1. The van der Waals surface area contributed by atoms with Gasteiger partial charge in [-0.1, -0.05) is 38.5 Å². The maximum atomic E-state index is 12.4. The van der Waals surface area contributed by atoms with Gasteiger partial charge in [0, 0.05) is 12.8 Å². The van der Waals surface area contributed by atoms with Crippen molar-refractivity contribution in [1.82, 2.24) is 9.97 Å². The fourth-order valence-electron chi connectivity index (χ4n) is 4.57. The molecule has 0 aliphatic heterocycles. The summed E-state index contributed by atoms with van der Waals surface area (Å²) in [5.74, 6) is 4.69. The van der Waals surface area contributed by atoms with Gasteiger partial charge in [-0.05, 0) is 42.4 Å². The summed E-state index contributed by atoms with van der Waals surface area (Å²) in [6.07, 6.45) is 10.5. The van der Waals surface area contributed by atoms with Gasteiger partial charge in [0.2, 0.25) is 11.8 Å². The molecule has 2 aliphatic rings. The highest BCUT2D eigenvalue weighted by Gasteiger charge is 2.40. The third-order valence-corrected chi connectivity index (χ3v) is 7.80. The third-order valence-electron chi connectivity index (χ3n) is 5.71. The number of aromatic nitrogens is 2. The van der Waals surface area contributed by atoms with Crippen LogP contribution in [0.1, 0.15) is 64.5 Å². The third kappa shape index (κ3) is 5.17. The number of anilines is 1. The van der Waals surface area contributed by atoms with Crippen molar-refractivity contribution in [2.75, 3.05) is 5.32 Å². The van der Waals surface area contributed by atoms with Crippen LogP contribution < -0.4 is 5.32 Å². The summed E-state index contributed by atoms with van der Waals surface area (Å²) in [5.41, 5.74) is 0.187. The number of fused-ring (bicyclic) bond motifs is 2. The molecular formula is C21H29N3O2S2. The van der Waals surface area contributed by atoms with Gasteiger partial charge in [-0.2, -0.15) is 0 Å². The number of oxazole rings is 1. The first-order valence-corrected chi connectivity index (χ1v) is 12.0. The standard InChI is InChI=1S/C21H29N3O2S2/c1-21(2,3)9-16-10-22-18(26-16)12-27-19-11-23-20(28-19)24-17(25)8-15-7-13-4-5-14(15)6-13/h10-11,13-15H,4-9,12H2,1-3H3,(H,23,24,25)/t13-,14+,15?/m1/s1. The van der Waals surface area contributed by atoms with Crippen LogP contribution in [-0.2, 0) is 17.0 Å². The summed E-state index contributed by atoms with van der Waals surface area (Å²) in [5, 5.41) is 3.68. The van der Waals surface area contributed by atoms with Crippen LogP contribution in [0, 0.1) is 23.2 Å². The van der Waals surface area contributed by atoms with E-state index in [2.05, 4.69) is 36.1 Å². The molecule has 2 aromatic heterocycles. The first-order valence-electron chi connectivity index (χ1n) is 10.2. The summed E-state index contributed by atoms with van der Waals surface area (Å²) in [7, 11) is 0. The number of nitrogens with zero attached hydrogens (tertiary/aromatic N) is 2. The van der Waals surface area contributed by atoms with Gasteiger partial charge in [0.1, 0.15) is 5.76 Å². The molecule has 7 heteroatoms. The molecule has 2 heterocycles. The van der Waals surface area contributed by atoms with Crippen LogP contribution in [-0.4, -0.2) is 15.9 Å². The minimum atomic E-state index is 0.114. The quantitative estimate of drug-likeness (QED) is 0.576. The van der Waals surface area contributed by atoms with Crippen molar-refractivity contribution in [2.24, 2.45) is 23.2 Å². The highest BCUT2D eigenvalue weighted by atomic mass is 32.2. The lowest BCUT2D eigenvalue weighted by atomic mass is 9.86. The number of carbonyl (C=O) groups excluding carboxylic acids is 1. The average Bonchev–Trinajstić information content (AvgIpc) is 3.36. The zero-order valence-corrected chi connectivity index (χ0v) is 18.5. The van der Waals surface area contributed by atoms with Crippen LogP contribution >= 0.6 is 23.1 Å². The lowest BCUT2D eigenvalue weighted by Crippen LogP contribution is -2.20. The van der Waals surface area contributed by atoms with E-state index in [-0.39, 0.29) is 11.3 Å². The maximum Gasteiger partial charge on any atom is 0.226 e. The van der Waals surface area contributed by atoms with E-state index in [4.69, 9.17) is 4.42 Å². The SMILES string of the molecule is CC(C)(C)Cc1cnc(CSc2cnc(NC(=O)CC3C[C@@H]4CC[C@H]3C4)s2)o1. The van der Waals surface area contributed by atoms with Crippen LogP contribution in [0.3, 0.4) is 0 Å². The van der Waals surface area contributed by atoms with Crippen molar-refractivity contribution in [3.8, 4) is 0 Å². The van der Waals surface area contributed by atoms with Gasteiger partial charge in [-0.15, -0.1) is 11.8 Å². The van der Waals surface area contributed by atoms with Crippen LogP contribution in [0.15, 0.2) is 21.0 Å². The fraction of sp³-hybridized carbons (Fsp3) is 0.667. The van der Waals surface area contributed by atoms with Crippen LogP contribution in [0.25, 0.3) is 0 Å². The van der Waals surface area contributed by atoms with Crippen molar-refractivity contribution in [3.63, 3.8) is 0 Å². The maximum absolute atomic E-state index is 12.4. The first kappa shape index (κ1) is 20.0. The van der Waals surface area contributed by atoms with Crippen molar-refractivity contribution in [3.05, 3.63) is 24.0 Å². The Bertz CT molecular complexity index is 824. The van der Waals surface area contributed by atoms with E-state index in [1.807, 2.05) is 12.4 Å². The molecule has 0 aromatic carbocycles. The molecule has 0 radical (unpaired) electrons. The van der Waals surface area contributed by atoms with Crippen molar-refractivity contribution in [1.29, 1.82) is 0 Å². The second kappa shape index (κ2) is 8.19. The largest absolute Gasteiger partial charge is 0.445 e. The van der Waals surface area contributed by atoms with Gasteiger partial charge < -0.3 is 9.73 Å². The average molecular weight is 420 g/mol. The molecule has 0 spiro atoms. The second-order valence-corrected chi connectivity index (χ2v) is 11.7. The highest BCUT2D eigenvalue weighted by molar-refractivity contribution is 8.00. The Balaban J connectivity index is 1.23. The predicted molar refractivity (Wildman–Crippen MR) is 114 cm³/mol. The molecule has 28 heavy (non-hydrogen) atoms. The summed E-state index contributed by atoms with van der Waals surface area (Å²) < 4.78 is 6.89. The molecule has 0 saturated heterocycles. The normalized spacial score (nSPS) is 24.0. The summed E-state index contributed by atoms with van der Waals surface area (Å²) in [4.78, 5) is 21.1. The van der Waals surface area contributed by atoms with E-state index < -0.39 is 0 Å². The number of hydrogen-bond donors (Lipinski definition) is 1. The Hall–Kier alpha value is -1.34. The summed E-state index contributed by atoms with van der Waals surface area (Å²) >= 11 is 3.16. The van der Waals surface area contributed by atoms with Crippen LogP contribution in [0.4, 0.5) is 5.13 Å². The fourth-order valence-corrected chi connectivity index (χ4v) is 6.31. The smallest absolute Gasteiger partial charge is 0.226 e. The molecular weight excluding hydrogens is 390 g/mol. The van der Waals surface area contributed by atoms with E-state index in [1.165, 1.54) is 37.0 Å². The van der Waals surface area contributed by atoms with Gasteiger partial charge in [0.25, 0.3) is 0 Å². The molecule has 152 valence electrons. The van der Waals surface area contributed by atoms with Gasteiger partial charge in [0.15, 0.2) is 5.13 Å². The minimum Gasteiger partial charge on any atom is -0.445 e. The summed E-state index contributed by atoms with van der Waals surface area (Å²) in [6.45, 7) is 6.57. The number of nitrogens with one attached hydrogen (secondary N) is 1. The Morgan fingerprint density at radius 2 is 2.14 bits per heavy atom. The minimum absolute atomic E-state index is 0.114. The Kier molecular flexibility index (Phi) is 5.83. The Morgan fingerprint density at radius 1 is 1.29 bits per heavy atom. The molecule has 2 saturated carbocycles. The van der Waals surface area contributed by atoms with Crippen molar-refractivity contribution >= 4 is 34.1 Å². The van der Waals surface area contributed by atoms with Crippen molar-refractivity contribution < 1.29 is 9.21 Å². The molecule has 2 aromatic rings. The number of hydrogen-bond acceptors (Lipinski definition) is 6. The van der Waals surface area contributed by atoms with E-state index in [0.29, 0.717) is 23.2 Å². The zero-order chi connectivity index (χ0) is 19.7.